The van der Waals surface area contributed by atoms with E-state index in [9.17, 15) is 4.79 Å². The third-order valence-electron chi connectivity index (χ3n) is 4.02. The average molecular weight is 441 g/mol. The maximum absolute atomic E-state index is 12.4. The van der Waals surface area contributed by atoms with Crippen molar-refractivity contribution in [3.8, 4) is 0 Å². The van der Waals surface area contributed by atoms with Crippen LogP contribution in [-0.4, -0.2) is 39.8 Å². The van der Waals surface area contributed by atoms with Crippen LogP contribution < -0.4 is 5.32 Å². The van der Waals surface area contributed by atoms with E-state index in [0.717, 1.165) is 32.7 Å². The van der Waals surface area contributed by atoms with Crippen LogP contribution in [0.25, 0.3) is 0 Å². The van der Waals surface area contributed by atoms with E-state index in [0.29, 0.717) is 17.6 Å². The van der Waals surface area contributed by atoms with Crippen LogP contribution in [0.1, 0.15) is 20.3 Å². The van der Waals surface area contributed by atoms with Crippen LogP contribution in [0.2, 0.25) is 0 Å². The molecule has 25 heavy (non-hydrogen) atoms. The maximum atomic E-state index is 12.4. The highest BCUT2D eigenvalue weighted by Crippen LogP contribution is 2.29. The van der Waals surface area contributed by atoms with Crippen molar-refractivity contribution in [2.24, 2.45) is 11.8 Å². The Morgan fingerprint density at radius 3 is 2.84 bits per heavy atom. The average Bonchev–Trinajstić information content (AvgIpc) is 2.99. The predicted octanol–water partition coefficient (Wildman–Crippen LogP) is 4.64. The fraction of sp³-hybridized carbons (Fsp3) is 0.471. The Morgan fingerprint density at radius 1 is 1.36 bits per heavy atom. The van der Waals surface area contributed by atoms with Crippen molar-refractivity contribution >= 4 is 55.8 Å². The molecule has 8 heteroatoms. The number of rotatable bonds is 5. The fourth-order valence-electron chi connectivity index (χ4n) is 3.09. The Hall–Kier alpha value is -1.12. The van der Waals surface area contributed by atoms with Crippen LogP contribution in [0, 0.1) is 11.8 Å². The van der Waals surface area contributed by atoms with Crippen LogP contribution in [0.4, 0.5) is 10.8 Å². The van der Waals surface area contributed by atoms with Gasteiger partial charge >= 0.3 is 0 Å². The minimum absolute atomic E-state index is 0.195. The number of halogens is 1. The summed E-state index contributed by atoms with van der Waals surface area (Å²) in [4.78, 5) is 14.4. The van der Waals surface area contributed by atoms with E-state index >= 15 is 0 Å². The Morgan fingerprint density at radius 2 is 2.12 bits per heavy atom. The minimum atomic E-state index is 0.195. The lowest BCUT2D eigenvalue weighted by Crippen LogP contribution is -2.43. The number of nitrogens with one attached hydrogen (secondary N) is 1. The van der Waals surface area contributed by atoms with E-state index < -0.39 is 0 Å². The van der Waals surface area contributed by atoms with Gasteiger partial charge in [0.1, 0.15) is 0 Å². The molecule has 2 heterocycles. The molecule has 1 aromatic carbocycles. The van der Waals surface area contributed by atoms with Gasteiger partial charge in [-0.05, 0) is 36.5 Å². The third-order valence-corrected chi connectivity index (χ3v) is 6.47. The van der Waals surface area contributed by atoms with Gasteiger partial charge in [0.25, 0.3) is 0 Å². The standard InChI is InChI=1S/C17H21BrN4OS2/c1-11-6-12(2)9-22(8-11)15(23)10-24-17-21-20-16(25-17)19-14-5-3-4-13(18)7-14/h3-5,7,11-12H,6,8-10H2,1-2H3,(H,19,20). The van der Waals surface area contributed by atoms with Gasteiger partial charge in [-0.15, -0.1) is 10.2 Å². The number of likely N-dealkylation sites (tertiary alicyclic amines) is 1. The molecule has 1 aliphatic heterocycles. The first-order valence-corrected chi connectivity index (χ1v) is 10.9. The van der Waals surface area contributed by atoms with Crippen molar-refractivity contribution < 1.29 is 4.79 Å². The lowest BCUT2D eigenvalue weighted by molar-refractivity contribution is -0.130. The van der Waals surface area contributed by atoms with Crippen LogP contribution in [-0.2, 0) is 4.79 Å². The molecule has 0 bridgehead atoms. The van der Waals surface area contributed by atoms with Crippen molar-refractivity contribution in [1.82, 2.24) is 15.1 Å². The molecular weight excluding hydrogens is 420 g/mol. The van der Waals surface area contributed by atoms with E-state index in [1.807, 2.05) is 29.2 Å². The highest BCUT2D eigenvalue weighted by molar-refractivity contribution is 9.10. The first-order valence-electron chi connectivity index (χ1n) is 8.26. The SMILES string of the molecule is CC1CC(C)CN(C(=O)CSc2nnc(Nc3cccc(Br)c3)s2)C1. The Labute approximate surface area is 164 Å². The number of benzene rings is 1. The second kappa shape index (κ2) is 8.51. The molecule has 134 valence electrons. The van der Waals surface area contributed by atoms with E-state index in [-0.39, 0.29) is 5.91 Å². The first kappa shape index (κ1) is 18.7. The molecule has 2 aromatic rings. The molecule has 2 unspecified atom stereocenters. The number of piperidine rings is 1. The quantitative estimate of drug-likeness (QED) is 0.685. The van der Waals surface area contributed by atoms with Crippen molar-refractivity contribution in [1.29, 1.82) is 0 Å². The monoisotopic (exact) mass is 440 g/mol. The zero-order chi connectivity index (χ0) is 17.8. The van der Waals surface area contributed by atoms with Crippen LogP contribution in [0.5, 0.6) is 0 Å². The molecule has 0 radical (unpaired) electrons. The molecule has 1 aromatic heterocycles. The summed E-state index contributed by atoms with van der Waals surface area (Å²) in [5, 5.41) is 12.3. The van der Waals surface area contributed by atoms with E-state index in [1.165, 1.54) is 29.5 Å². The predicted molar refractivity (Wildman–Crippen MR) is 108 cm³/mol. The number of carbonyl (C=O) groups is 1. The molecule has 2 atom stereocenters. The summed E-state index contributed by atoms with van der Waals surface area (Å²) in [6.45, 7) is 6.17. The molecule has 3 rings (SSSR count). The molecule has 5 nitrogen and oxygen atoms in total. The minimum Gasteiger partial charge on any atom is -0.341 e. The van der Waals surface area contributed by atoms with Crippen molar-refractivity contribution in [3.63, 3.8) is 0 Å². The Balaban J connectivity index is 1.52. The lowest BCUT2D eigenvalue weighted by atomic mass is 9.92. The van der Waals surface area contributed by atoms with Gasteiger partial charge in [-0.2, -0.15) is 0 Å². The molecule has 0 spiro atoms. The molecular formula is C17H21BrN4OS2. The number of carbonyl (C=O) groups excluding carboxylic acids is 1. The molecule has 1 N–H and O–H groups in total. The van der Waals surface area contributed by atoms with Crippen molar-refractivity contribution in [3.05, 3.63) is 28.7 Å². The summed E-state index contributed by atoms with van der Waals surface area (Å²) < 4.78 is 1.82. The maximum Gasteiger partial charge on any atom is 0.233 e. The number of amides is 1. The second-order valence-corrected chi connectivity index (χ2v) is 9.66. The topological polar surface area (TPSA) is 58.1 Å². The third kappa shape index (κ3) is 5.43. The van der Waals surface area contributed by atoms with Gasteiger partial charge in [-0.25, -0.2) is 0 Å². The van der Waals surface area contributed by atoms with E-state index in [2.05, 4.69) is 45.3 Å². The number of anilines is 2. The highest BCUT2D eigenvalue weighted by atomic mass is 79.9. The summed E-state index contributed by atoms with van der Waals surface area (Å²) in [7, 11) is 0. The van der Waals surface area contributed by atoms with E-state index in [1.54, 1.807) is 0 Å². The summed E-state index contributed by atoms with van der Waals surface area (Å²) in [6.07, 6.45) is 1.21. The van der Waals surface area contributed by atoms with Crippen molar-refractivity contribution in [2.75, 3.05) is 24.2 Å². The van der Waals surface area contributed by atoms with Gasteiger partial charge in [-0.1, -0.05) is 58.9 Å². The zero-order valence-corrected chi connectivity index (χ0v) is 17.5. The number of aromatic nitrogens is 2. The Bertz CT molecular complexity index is 729. The fourth-order valence-corrected chi connectivity index (χ4v) is 5.16. The molecule has 1 saturated heterocycles. The molecule has 1 amide bonds. The van der Waals surface area contributed by atoms with Gasteiger partial charge in [0.2, 0.25) is 11.0 Å². The van der Waals surface area contributed by atoms with Gasteiger partial charge < -0.3 is 10.2 Å². The normalized spacial score (nSPS) is 20.5. The second-order valence-electron chi connectivity index (χ2n) is 6.54. The molecule has 1 aliphatic rings. The lowest BCUT2D eigenvalue weighted by Gasteiger charge is -2.34. The summed E-state index contributed by atoms with van der Waals surface area (Å²) >= 11 is 6.38. The summed E-state index contributed by atoms with van der Waals surface area (Å²) in [5.41, 5.74) is 0.953. The van der Waals surface area contributed by atoms with Gasteiger partial charge in [-0.3, -0.25) is 4.79 Å². The number of thioether (sulfide) groups is 1. The summed E-state index contributed by atoms with van der Waals surface area (Å²) in [5.74, 6) is 1.78. The first-order chi connectivity index (χ1) is 12.0. The van der Waals surface area contributed by atoms with Crippen LogP contribution >= 0.6 is 39.0 Å². The molecule has 0 saturated carbocycles. The summed E-state index contributed by atoms with van der Waals surface area (Å²) in [6, 6.07) is 7.89. The van der Waals surface area contributed by atoms with Gasteiger partial charge in [0.05, 0.1) is 5.75 Å². The van der Waals surface area contributed by atoms with Gasteiger partial charge in [0, 0.05) is 23.2 Å². The van der Waals surface area contributed by atoms with E-state index in [4.69, 9.17) is 0 Å². The van der Waals surface area contributed by atoms with Crippen molar-refractivity contribution in [2.45, 2.75) is 24.6 Å². The number of hydrogen-bond acceptors (Lipinski definition) is 6. The van der Waals surface area contributed by atoms with Gasteiger partial charge in [0.15, 0.2) is 4.34 Å². The highest BCUT2D eigenvalue weighted by Gasteiger charge is 2.25. The van der Waals surface area contributed by atoms with Crippen LogP contribution in [0.15, 0.2) is 33.1 Å². The smallest absolute Gasteiger partial charge is 0.233 e. The number of nitrogens with zero attached hydrogens (tertiary/aromatic N) is 3. The molecule has 1 fully saturated rings. The zero-order valence-electron chi connectivity index (χ0n) is 14.2. The van der Waals surface area contributed by atoms with Crippen LogP contribution in [0.3, 0.4) is 0 Å². The largest absolute Gasteiger partial charge is 0.341 e. The number of hydrogen-bond donors (Lipinski definition) is 1. The molecule has 0 aliphatic carbocycles. The Kier molecular flexibility index (Phi) is 6.35.